The third-order valence-electron chi connectivity index (χ3n) is 4.21. The van der Waals surface area contributed by atoms with Gasteiger partial charge in [-0.3, -0.25) is 4.79 Å². The summed E-state index contributed by atoms with van der Waals surface area (Å²) in [5.74, 6) is 0.268. The monoisotopic (exact) mass is 225 g/mol. The Bertz CT molecular complexity index is 280. The molecule has 1 N–H and O–H groups in total. The van der Waals surface area contributed by atoms with E-state index in [-0.39, 0.29) is 11.3 Å². The van der Waals surface area contributed by atoms with E-state index >= 15 is 0 Å². The van der Waals surface area contributed by atoms with Gasteiger partial charge in [0.2, 0.25) is 5.91 Å². The van der Waals surface area contributed by atoms with E-state index in [0.29, 0.717) is 6.54 Å². The molecule has 1 heterocycles. The molecule has 92 valence electrons. The van der Waals surface area contributed by atoms with Gasteiger partial charge in [0, 0.05) is 18.5 Å². The number of carbonyl (C=O) groups excluding carboxylic acids is 1. The minimum absolute atomic E-state index is 0.154. The zero-order valence-electron chi connectivity index (χ0n) is 10.5. The molecule has 3 heteroatoms. The van der Waals surface area contributed by atoms with Crippen molar-refractivity contribution < 1.29 is 9.90 Å². The topological polar surface area (TPSA) is 40.5 Å². The van der Waals surface area contributed by atoms with Gasteiger partial charge in [0.05, 0.1) is 5.60 Å². The van der Waals surface area contributed by atoms with Crippen molar-refractivity contribution >= 4 is 5.91 Å². The molecule has 0 aromatic carbocycles. The van der Waals surface area contributed by atoms with E-state index in [9.17, 15) is 9.90 Å². The van der Waals surface area contributed by atoms with Crippen molar-refractivity contribution in [3.63, 3.8) is 0 Å². The third-order valence-corrected chi connectivity index (χ3v) is 4.21. The first kappa shape index (κ1) is 11.9. The second kappa shape index (κ2) is 4.02. The number of hydrogen-bond donors (Lipinski definition) is 1. The Kier molecular flexibility index (Phi) is 2.99. The largest absolute Gasteiger partial charge is 0.388 e. The molecule has 2 fully saturated rings. The molecule has 3 nitrogen and oxygen atoms in total. The highest BCUT2D eigenvalue weighted by Crippen LogP contribution is 2.38. The summed E-state index contributed by atoms with van der Waals surface area (Å²) in [6.45, 7) is 5.16. The average Bonchev–Trinajstić information content (AvgIpc) is 2.59. The van der Waals surface area contributed by atoms with Crippen LogP contribution in [0, 0.1) is 5.41 Å². The molecule has 1 saturated carbocycles. The fourth-order valence-corrected chi connectivity index (χ4v) is 3.05. The molecule has 1 atom stereocenters. The minimum atomic E-state index is -0.666. The van der Waals surface area contributed by atoms with Gasteiger partial charge in [0.1, 0.15) is 0 Å². The molecule has 0 radical (unpaired) electrons. The Morgan fingerprint density at radius 3 is 2.25 bits per heavy atom. The maximum absolute atomic E-state index is 12.4. The van der Waals surface area contributed by atoms with Crippen LogP contribution in [0.5, 0.6) is 0 Å². The summed E-state index contributed by atoms with van der Waals surface area (Å²) in [5.41, 5.74) is -0.820. The van der Waals surface area contributed by atoms with Crippen molar-refractivity contribution in [2.45, 2.75) is 58.0 Å². The third kappa shape index (κ3) is 2.24. The van der Waals surface area contributed by atoms with E-state index in [1.54, 1.807) is 0 Å². The first-order valence-corrected chi connectivity index (χ1v) is 6.45. The van der Waals surface area contributed by atoms with Gasteiger partial charge in [0.15, 0.2) is 0 Å². The van der Waals surface area contributed by atoms with E-state index in [2.05, 4.69) is 6.92 Å². The van der Waals surface area contributed by atoms with Crippen LogP contribution in [0.15, 0.2) is 0 Å². The Balaban J connectivity index is 2.02. The number of hydrogen-bond acceptors (Lipinski definition) is 2. The van der Waals surface area contributed by atoms with Crippen molar-refractivity contribution in [3.8, 4) is 0 Å². The zero-order chi connectivity index (χ0) is 11.8. The summed E-state index contributed by atoms with van der Waals surface area (Å²) < 4.78 is 0. The predicted molar refractivity (Wildman–Crippen MR) is 63.0 cm³/mol. The standard InChI is InChI=1S/C13H23NO2/c1-12(6-4-3-5-7-12)11(15)14-9-8-13(2,16)10-14/h16H,3-10H2,1-2H3. The van der Waals surface area contributed by atoms with Gasteiger partial charge in [-0.2, -0.15) is 0 Å². The molecule has 1 unspecified atom stereocenters. The molecule has 1 amide bonds. The fourth-order valence-electron chi connectivity index (χ4n) is 3.05. The van der Waals surface area contributed by atoms with Gasteiger partial charge in [0.25, 0.3) is 0 Å². The molecule has 0 bridgehead atoms. The van der Waals surface area contributed by atoms with Crippen LogP contribution in [0.25, 0.3) is 0 Å². The second-order valence-electron chi connectivity index (χ2n) is 6.09. The van der Waals surface area contributed by atoms with Crippen LogP contribution in [-0.4, -0.2) is 34.6 Å². The lowest BCUT2D eigenvalue weighted by molar-refractivity contribution is -0.142. The zero-order valence-corrected chi connectivity index (χ0v) is 10.5. The Morgan fingerprint density at radius 2 is 1.75 bits per heavy atom. The smallest absolute Gasteiger partial charge is 0.228 e. The maximum Gasteiger partial charge on any atom is 0.228 e. The molecular weight excluding hydrogens is 202 g/mol. The number of β-amino-alcohol motifs (C(OH)–C–C–N with tert-alkyl or cyclic N) is 1. The van der Waals surface area contributed by atoms with E-state index in [4.69, 9.17) is 0 Å². The van der Waals surface area contributed by atoms with E-state index in [0.717, 1.165) is 25.8 Å². The van der Waals surface area contributed by atoms with Crippen molar-refractivity contribution in [2.24, 2.45) is 5.41 Å². The van der Waals surface area contributed by atoms with Crippen LogP contribution in [0.4, 0.5) is 0 Å². The summed E-state index contributed by atoms with van der Waals surface area (Å²) in [6.07, 6.45) is 6.36. The summed E-state index contributed by atoms with van der Waals surface area (Å²) in [4.78, 5) is 14.3. The maximum atomic E-state index is 12.4. The van der Waals surface area contributed by atoms with Gasteiger partial charge in [-0.15, -0.1) is 0 Å². The number of carbonyl (C=O) groups is 1. The number of likely N-dealkylation sites (tertiary alicyclic amines) is 1. The molecule has 16 heavy (non-hydrogen) atoms. The lowest BCUT2D eigenvalue weighted by Gasteiger charge is -2.35. The Hall–Kier alpha value is -0.570. The van der Waals surface area contributed by atoms with Gasteiger partial charge in [-0.25, -0.2) is 0 Å². The van der Waals surface area contributed by atoms with Crippen LogP contribution >= 0.6 is 0 Å². The second-order valence-corrected chi connectivity index (χ2v) is 6.09. The van der Waals surface area contributed by atoms with E-state index < -0.39 is 5.60 Å². The number of amides is 1. The first-order chi connectivity index (χ1) is 7.43. The van der Waals surface area contributed by atoms with E-state index in [1.165, 1.54) is 19.3 Å². The minimum Gasteiger partial charge on any atom is -0.388 e. The highest BCUT2D eigenvalue weighted by Gasteiger charge is 2.42. The molecular formula is C13H23NO2. The van der Waals surface area contributed by atoms with Crippen LogP contribution in [0.3, 0.4) is 0 Å². The molecule has 1 saturated heterocycles. The lowest BCUT2D eigenvalue weighted by Crippen LogP contribution is -2.43. The summed E-state index contributed by atoms with van der Waals surface area (Å²) >= 11 is 0. The summed E-state index contributed by atoms with van der Waals surface area (Å²) in [5, 5.41) is 9.90. The van der Waals surface area contributed by atoms with Gasteiger partial charge < -0.3 is 10.0 Å². The van der Waals surface area contributed by atoms with Gasteiger partial charge >= 0.3 is 0 Å². The van der Waals surface area contributed by atoms with Crippen LogP contribution in [-0.2, 0) is 4.79 Å². The molecule has 0 aromatic rings. The lowest BCUT2D eigenvalue weighted by atomic mass is 9.74. The van der Waals surface area contributed by atoms with Crippen LogP contribution in [0.1, 0.15) is 52.4 Å². The molecule has 2 aliphatic rings. The van der Waals surface area contributed by atoms with Crippen molar-refractivity contribution in [1.29, 1.82) is 0 Å². The van der Waals surface area contributed by atoms with Crippen molar-refractivity contribution in [2.75, 3.05) is 13.1 Å². The van der Waals surface area contributed by atoms with Crippen LogP contribution < -0.4 is 0 Å². The summed E-state index contributed by atoms with van der Waals surface area (Å²) in [7, 11) is 0. The number of rotatable bonds is 1. The van der Waals surface area contributed by atoms with Crippen molar-refractivity contribution in [3.05, 3.63) is 0 Å². The molecule has 0 aromatic heterocycles. The predicted octanol–water partition coefficient (Wildman–Crippen LogP) is 1.94. The van der Waals surface area contributed by atoms with Crippen molar-refractivity contribution in [1.82, 2.24) is 4.90 Å². The molecule has 0 spiro atoms. The first-order valence-electron chi connectivity index (χ1n) is 6.45. The normalized spacial score (nSPS) is 34.1. The average molecular weight is 225 g/mol. The Labute approximate surface area is 97.8 Å². The number of nitrogens with zero attached hydrogens (tertiary/aromatic N) is 1. The van der Waals surface area contributed by atoms with Crippen LogP contribution in [0.2, 0.25) is 0 Å². The quantitative estimate of drug-likeness (QED) is 0.741. The highest BCUT2D eigenvalue weighted by molar-refractivity contribution is 5.82. The Morgan fingerprint density at radius 1 is 1.12 bits per heavy atom. The highest BCUT2D eigenvalue weighted by atomic mass is 16.3. The van der Waals surface area contributed by atoms with Gasteiger partial charge in [-0.1, -0.05) is 26.2 Å². The molecule has 2 rings (SSSR count). The molecule has 1 aliphatic carbocycles. The summed E-state index contributed by atoms with van der Waals surface area (Å²) in [6, 6.07) is 0. The SMILES string of the molecule is CC1(O)CCN(C(=O)C2(C)CCCCC2)C1. The fraction of sp³-hybridized carbons (Fsp3) is 0.923. The molecule has 1 aliphatic heterocycles. The van der Waals surface area contributed by atoms with Gasteiger partial charge in [-0.05, 0) is 26.2 Å². The number of aliphatic hydroxyl groups is 1. The van der Waals surface area contributed by atoms with E-state index in [1.807, 2.05) is 11.8 Å².